The third-order valence-electron chi connectivity index (χ3n) is 3.44. The van der Waals surface area contributed by atoms with Gasteiger partial charge in [-0.3, -0.25) is 4.72 Å². The van der Waals surface area contributed by atoms with Crippen LogP contribution in [0.5, 0.6) is 0 Å². The molecule has 0 aliphatic rings. The molecular weight excluding hydrogens is 370 g/mol. The van der Waals surface area contributed by atoms with Gasteiger partial charge in [-0.1, -0.05) is 30.3 Å². The van der Waals surface area contributed by atoms with E-state index in [0.717, 1.165) is 11.0 Å². The Bertz CT molecular complexity index is 920. The number of ether oxygens (including phenoxy) is 2. The summed E-state index contributed by atoms with van der Waals surface area (Å²) in [5.74, 6) is -1.38. The number of nitrogens with one attached hydrogen (secondary N) is 1. The number of anilines is 1. The van der Waals surface area contributed by atoms with E-state index >= 15 is 0 Å². The van der Waals surface area contributed by atoms with Crippen LogP contribution in [0.1, 0.15) is 22.8 Å². The first-order valence-electron chi connectivity index (χ1n) is 7.95. The summed E-state index contributed by atoms with van der Waals surface area (Å²) in [5, 5.41) is 1.06. The summed E-state index contributed by atoms with van der Waals surface area (Å²) < 4.78 is 36.0. The van der Waals surface area contributed by atoms with E-state index in [4.69, 9.17) is 4.74 Å². The fourth-order valence-electron chi connectivity index (χ4n) is 2.05. The molecule has 142 valence electrons. The predicted molar refractivity (Wildman–Crippen MR) is 101 cm³/mol. The maximum Gasteiger partial charge on any atom is 0.346 e. The van der Waals surface area contributed by atoms with Crippen molar-refractivity contribution in [3.8, 4) is 0 Å². The van der Waals surface area contributed by atoms with Gasteiger partial charge in [-0.15, -0.1) is 0 Å². The molecule has 0 spiro atoms. The van der Waals surface area contributed by atoms with E-state index in [-0.39, 0.29) is 11.3 Å². The lowest BCUT2D eigenvalue weighted by atomic mass is 10.2. The number of carbonyl (C=O) groups is 2. The molecule has 8 heteroatoms. The van der Waals surface area contributed by atoms with Crippen molar-refractivity contribution in [2.45, 2.75) is 13.0 Å². The molecular formula is C19H19NO6S. The van der Waals surface area contributed by atoms with Crippen LogP contribution in [0.3, 0.4) is 0 Å². The normalized spacial score (nSPS) is 12.4. The van der Waals surface area contributed by atoms with Gasteiger partial charge in [0.05, 0.1) is 18.1 Å². The minimum atomic E-state index is -3.71. The maximum atomic E-state index is 12.1. The van der Waals surface area contributed by atoms with Crippen LogP contribution >= 0.6 is 0 Å². The van der Waals surface area contributed by atoms with Crippen molar-refractivity contribution in [3.63, 3.8) is 0 Å². The van der Waals surface area contributed by atoms with Gasteiger partial charge in [0.15, 0.2) is 6.10 Å². The number of hydrogen-bond donors (Lipinski definition) is 1. The van der Waals surface area contributed by atoms with Gasteiger partial charge in [-0.25, -0.2) is 18.0 Å². The summed E-state index contributed by atoms with van der Waals surface area (Å²) in [5.41, 5.74) is 1.21. The Morgan fingerprint density at radius 3 is 2.26 bits per heavy atom. The predicted octanol–water partition coefficient (Wildman–Crippen LogP) is 2.82. The van der Waals surface area contributed by atoms with Crippen molar-refractivity contribution in [3.05, 3.63) is 71.1 Å². The Morgan fingerprint density at radius 2 is 1.67 bits per heavy atom. The van der Waals surface area contributed by atoms with Gasteiger partial charge < -0.3 is 9.47 Å². The van der Waals surface area contributed by atoms with Crippen LogP contribution in [0.2, 0.25) is 0 Å². The molecule has 27 heavy (non-hydrogen) atoms. The lowest BCUT2D eigenvalue weighted by Gasteiger charge is -2.11. The number of esters is 2. The highest BCUT2D eigenvalue weighted by Crippen LogP contribution is 2.14. The van der Waals surface area contributed by atoms with Gasteiger partial charge in [0.2, 0.25) is 0 Å². The largest absolute Gasteiger partial charge is 0.466 e. The van der Waals surface area contributed by atoms with E-state index in [0.29, 0.717) is 0 Å². The summed E-state index contributed by atoms with van der Waals surface area (Å²) in [6.45, 7) is 1.39. The Balaban J connectivity index is 2.01. The molecule has 2 rings (SSSR count). The van der Waals surface area contributed by atoms with Gasteiger partial charge in [0, 0.05) is 5.69 Å². The molecule has 1 N–H and O–H groups in total. The number of methoxy groups -OCH3 is 1. The lowest BCUT2D eigenvalue weighted by Crippen LogP contribution is -2.25. The summed E-state index contributed by atoms with van der Waals surface area (Å²) in [6.07, 6.45) is 0.436. The zero-order chi connectivity index (χ0) is 19.9. The van der Waals surface area contributed by atoms with Gasteiger partial charge in [-0.2, -0.15) is 0 Å². The highest BCUT2D eigenvalue weighted by atomic mass is 32.2. The summed E-state index contributed by atoms with van der Waals surface area (Å²) >= 11 is 0. The molecule has 0 amide bonds. The number of carbonyl (C=O) groups excluding carboxylic acids is 2. The van der Waals surface area contributed by atoms with E-state index in [9.17, 15) is 18.0 Å². The van der Waals surface area contributed by atoms with Crippen molar-refractivity contribution in [1.82, 2.24) is 0 Å². The van der Waals surface area contributed by atoms with Crippen LogP contribution in [-0.2, 0) is 24.3 Å². The van der Waals surface area contributed by atoms with Crippen LogP contribution in [0.15, 0.2) is 60.0 Å². The topological polar surface area (TPSA) is 98.8 Å². The quantitative estimate of drug-likeness (QED) is 0.731. The van der Waals surface area contributed by atoms with Gasteiger partial charge >= 0.3 is 11.9 Å². The number of benzene rings is 2. The average molecular weight is 389 g/mol. The first-order valence-corrected chi connectivity index (χ1v) is 9.50. The molecule has 0 heterocycles. The minimum Gasteiger partial charge on any atom is -0.466 e. The van der Waals surface area contributed by atoms with Crippen LogP contribution in [0.25, 0.3) is 6.08 Å². The Labute approximate surface area is 157 Å². The second kappa shape index (κ2) is 9.00. The average Bonchev–Trinajstić information content (AvgIpc) is 2.66. The Kier molecular flexibility index (Phi) is 6.73. The summed E-state index contributed by atoms with van der Waals surface area (Å²) in [7, 11) is -2.51. The fraction of sp³-hybridized carbons (Fsp3) is 0.158. The van der Waals surface area contributed by atoms with Gasteiger partial charge in [0.25, 0.3) is 10.0 Å². The van der Waals surface area contributed by atoms with E-state index < -0.39 is 28.1 Å². The smallest absolute Gasteiger partial charge is 0.346 e. The van der Waals surface area contributed by atoms with Crippen LogP contribution in [0.4, 0.5) is 5.69 Å². The molecule has 0 aliphatic heterocycles. The SMILES string of the molecule is COC(=O)[C@H](C)OC(=O)c1ccc(NS(=O)(=O)/C=C/c2ccccc2)cc1. The molecule has 0 unspecified atom stereocenters. The summed E-state index contributed by atoms with van der Waals surface area (Å²) in [6, 6.07) is 14.6. The van der Waals surface area contributed by atoms with Gasteiger partial charge in [0.1, 0.15) is 0 Å². The number of sulfonamides is 1. The highest BCUT2D eigenvalue weighted by molar-refractivity contribution is 7.95. The zero-order valence-electron chi connectivity index (χ0n) is 14.8. The monoisotopic (exact) mass is 389 g/mol. The van der Waals surface area contributed by atoms with E-state index in [1.807, 2.05) is 6.07 Å². The van der Waals surface area contributed by atoms with Crippen LogP contribution < -0.4 is 4.72 Å². The standard InChI is InChI=1S/C19H19NO6S/c1-14(18(21)25-2)26-19(22)16-8-10-17(11-9-16)20-27(23,24)13-12-15-6-4-3-5-7-15/h3-14,20H,1-2H3/b13-12+/t14-/m0/s1. The molecule has 0 fully saturated rings. The van der Waals surface area contributed by atoms with E-state index in [1.54, 1.807) is 24.3 Å². The third-order valence-corrected chi connectivity index (χ3v) is 4.45. The van der Waals surface area contributed by atoms with Crippen molar-refractivity contribution >= 4 is 33.7 Å². The first-order chi connectivity index (χ1) is 12.8. The molecule has 2 aromatic carbocycles. The van der Waals surface area contributed by atoms with Crippen molar-refractivity contribution < 1.29 is 27.5 Å². The van der Waals surface area contributed by atoms with Crippen molar-refractivity contribution in [2.75, 3.05) is 11.8 Å². The van der Waals surface area contributed by atoms with Crippen LogP contribution in [-0.4, -0.2) is 33.6 Å². The van der Waals surface area contributed by atoms with Crippen molar-refractivity contribution in [2.24, 2.45) is 0 Å². The molecule has 0 bridgehead atoms. The highest BCUT2D eigenvalue weighted by Gasteiger charge is 2.19. The molecule has 1 atom stereocenters. The van der Waals surface area contributed by atoms with E-state index in [2.05, 4.69) is 9.46 Å². The molecule has 0 saturated carbocycles. The number of rotatable bonds is 7. The molecule has 0 saturated heterocycles. The number of hydrogen-bond acceptors (Lipinski definition) is 6. The maximum absolute atomic E-state index is 12.1. The zero-order valence-corrected chi connectivity index (χ0v) is 15.6. The first kappa shape index (κ1) is 20.2. The third kappa shape index (κ3) is 6.27. The fourth-order valence-corrected chi connectivity index (χ4v) is 2.92. The van der Waals surface area contributed by atoms with Gasteiger partial charge in [-0.05, 0) is 42.8 Å². The minimum absolute atomic E-state index is 0.175. The Hall–Kier alpha value is -3.13. The molecule has 0 aliphatic carbocycles. The lowest BCUT2D eigenvalue weighted by molar-refractivity contribution is -0.149. The Morgan fingerprint density at radius 1 is 1.04 bits per heavy atom. The molecule has 0 radical (unpaired) electrons. The molecule has 0 aromatic heterocycles. The molecule has 2 aromatic rings. The summed E-state index contributed by atoms with van der Waals surface area (Å²) in [4.78, 5) is 23.2. The van der Waals surface area contributed by atoms with E-state index in [1.165, 1.54) is 44.4 Å². The second-order valence-electron chi connectivity index (χ2n) is 5.51. The second-order valence-corrected chi connectivity index (χ2v) is 7.07. The molecule has 7 nitrogen and oxygen atoms in total. The van der Waals surface area contributed by atoms with Crippen LogP contribution in [0, 0.1) is 0 Å². The van der Waals surface area contributed by atoms with Crippen molar-refractivity contribution in [1.29, 1.82) is 0 Å².